The number of hydrogen-bond donors (Lipinski definition) is 16. The highest BCUT2D eigenvalue weighted by atomic mass is 32.3. The molecule has 17 N–H and O–H groups in total. The van der Waals surface area contributed by atoms with Crippen molar-refractivity contribution in [3.05, 3.63) is 119 Å². The number of benzene rings is 4. The number of carboxylic acid groups (broad SMARTS) is 1. The molecule has 0 aromatic heterocycles. The van der Waals surface area contributed by atoms with Crippen molar-refractivity contribution in [2.24, 2.45) is 11.7 Å². The highest BCUT2D eigenvalue weighted by molar-refractivity contribution is 8.01. The van der Waals surface area contributed by atoms with Crippen LogP contribution in [0.25, 0.3) is 0 Å². The third-order valence-corrected chi connectivity index (χ3v) is 17.0. The van der Waals surface area contributed by atoms with Crippen LogP contribution in [0, 0.1) is 5.92 Å². The molecular formula is C53H64N8O37S7. The molecule has 0 aliphatic rings. The standard InChI is InChI=1S/C53H64N8O37S7/c1-27(2)19-37(47(65)58-41(25-45(63)100(76,77)78)51(69)56-39(22-30-7-15-34(16-8-30)97-104(88,89)90)49(67)60-42(53(71)72)23-31-9-17-35(18-10-31)98-105(91,92)93)55-50(68)40(24-44(62)99(73,74)75)59-48(66)38(21-29-5-13-33(14-6-29)96-103(85,86)87)57-52(70)43(26-94-101(79,80)81)61-46(64)36(54)20-28-3-11-32(12-4-28)95-102(82,83)84/h3-18,27,36-43H,19-26,54H2,1-2H3,(H,55,68)(H,56,69)(H,57,70)(H,58,65)(H,59,66)(H,60,67)(H,61,64)(H,71,72)(H,73,74,75)(H,76,77,78)(H,79,80,81)(H,82,83,84)(H,85,86,87)(H,88,89,90)(H,91,92,93)/t36-,37-,38-,39-,40-,41-,42-,43-/m0/s1. The summed E-state index contributed by atoms with van der Waals surface area (Å²) in [5.41, 5.74) is 5.94. The zero-order chi connectivity index (χ0) is 79.5. The van der Waals surface area contributed by atoms with Gasteiger partial charge in [-0.1, -0.05) is 62.4 Å². The lowest BCUT2D eigenvalue weighted by Crippen LogP contribution is -2.61. The molecule has 0 unspecified atom stereocenters. The molecule has 45 nitrogen and oxygen atoms in total. The van der Waals surface area contributed by atoms with E-state index in [4.69, 9.17) is 19.4 Å². The zero-order valence-electron chi connectivity index (χ0n) is 53.4. The molecule has 0 aliphatic heterocycles. The second-order valence-corrected chi connectivity index (χ2v) is 30.2. The van der Waals surface area contributed by atoms with E-state index in [2.05, 4.69) is 26.2 Å². The smallest absolute Gasteiger partial charge is 0.446 e. The summed E-state index contributed by atoms with van der Waals surface area (Å²) < 4.78 is 249. The van der Waals surface area contributed by atoms with Crippen molar-refractivity contribution < 1.29 is 165 Å². The van der Waals surface area contributed by atoms with Crippen LogP contribution >= 0.6 is 0 Å². The summed E-state index contributed by atoms with van der Waals surface area (Å²) in [7, 11) is -37.6. The second-order valence-electron chi connectivity index (χ2n) is 22.3. The summed E-state index contributed by atoms with van der Waals surface area (Å²) in [6, 6.07) is -2.16. The molecule has 0 spiro atoms. The Morgan fingerprint density at radius 2 is 0.590 bits per heavy atom. The van der Waals surface area contributed by atoms with E-state index in [-0.39, 0.29) is 22.3 Å². The van der Waals surface area contributed by atoms with Crippen LogP contribution in [-0.4, -0.2) is 208 Å². The van der Waals surface area contributed by atoms with Gasteiger partial charge in [-0.3, -0.25) is 75.0 Å². The molecule has 8 atom stereocenters. The van der Waals surface area contributed by atoms with Gasteiger partial charge in [-0.15, -0.1) is 0 Å². The Morgan fingerprint density at radius 3 is 0.876 bits per heavy atom. The maximum absolute atomic E-state index is 14.6. The SMILES string of the molecule is CC(C)C[C@H](NC(=O)[C@H](CC(=O)S(=O)(=O)O)NC(=O)[C@H](Cc1ccc(OS(=O)(=O)O)cc1)NC(=O)[C@H](COS(=O)(=O)O)NC(=O)[C@@H](N)Cc1ccc(OS(=O)(=O)O)cc1)C(=O)N[C@@H](CC(=O)S(=O)(=O)O)C(=O)N[C@@H](Cc1ccc(OS(=O)(=O)O)cc1)C(=O)N[C@@H](Cc1ccc(OS(=O)(=O)O)cc1)C(=O)O. The summed E-state index contributed by atoms with van der Waals surface area (Å²) in [6.07, 6.45) is -7.10. The molecule has 580 valence electrons. The van der Waals surface area contributed by atoms with Crippen molar-refractivity contribution in [1.82, 2.24) is 37.2 Å². The Bertz CT molecular complexity index is 4730. The molecule has 4 aromatic carbocycles. The fourth-order valence-electron chi connectivity index (χ4n) is 8.80. The molecular weight excluding hydrogens is 1570 g/mol. The Labute approximate surface area is 596 Å². The van der Waals surface area contributed by atoms with E-state index in [0.717, 1.165) is 97.1 Å². The van der Waals surface area contributed by atoms with Gasteiger partial charge in [-0.05, 0) is 89.5 Å². The van der Waals surface area contributed by atoms with Crippen molar-refractivity contribution in [3.8, 4) is 23.0 Å². The first-order valence-electron chi connectivity index (χ1n) is 28.9. The van der Waals surface area contributed by atoms with Crippen LogP contribution in [0.2, 0.25) is 0 Å². The number of carbonyl (C=O) groups is 10. The fraction of sp³-hybridized carbons (Fsp3) is 0.358. The topological polar surface area (TPSA) is 728 Å². The van der Waals surface area contributed by atoms with Crippen molar-refractivity contribution in [1.29, 1.82) is 0 Å². The first-order valence-corrected chi connectivity index (χ1v) is 38.6. The number of carboxylic acids is 1. The van der Waals surface area contributed by atoms with Crippen LogP contribution in [0.3, 0.4) is 0 Å². The van der Waals surface area contributed by atoms with E-state index in [1.54, 1.807) is 0 Å². The third kappa shape index (κ3) is 33.0. The summed E-state index contributed by atoms with van der Waals surface area (Å²) >= 11 is 0. The average molecular weight is 1630 g/mol. The van der Waals surface area contributed by atoms with E-state index >= 15 is 0 Å². The molecule has 0 heterocycles. The largest absolute Gasteiger partial charge is 0.480 e. The molecule has 0 saturated carbocycles. The van der Waals surface area contributed by atoms with Gasteiger partial charge in [0.05, 0.1) is 25.5 Å². The van der Waals surface area contributed by atoms with Gasteiger partial charge in [-0.25, -0.2) is 8.98 Å². The summed E-state index contributed by atoms with van der Waals surface area (Å²) in [6.45, 7) is 1.17. The van der Waals surface area contributed by atoms with E-state index in [0.29, 0.717) is 0 Å². The molecule has 4 rings (SSSR count). The molecule has 0 bridgehead atoms. The molecule has 52 heteroatoms. The van der Waals surface area contributed by atoms with Gasteiger partial charge in [0.2, 0.25) is 41.4 Å². The van der Waals surface area contributed by atoms with E-state index in [9.17, 15) is 130 Å². The number of aliphatic carboxylic acids is 1. The molecule has 4 aromatic rings. The quantitative estimate of drug-likeness (QED) is 0.0185. The average Bonchev–Trinajstić information content (AvgIpc) is 0.840. The van der Waals surface area contributed by atoms with Crippen LogP contribution in [0.5, 0.6) is 23.0 Å². The van der Waals surface area contributed by atoms with Gasteiger partial charge in [0.15, 0.2) is 0 Å². The lowest BCUT2D eigenvalue weighted by Gasteiger charge is -2.28. The number of nitrogens with one attached hydrogen (secondary N) is 7. The normalized spacial score (nSPS) is 14.5. The van der Waals surface area contributed by atoms with E-state index in [1.807, 2.05) is 31.9 Å². The Balaban J connectivity index is 1.77. The Kier molecular flexibility index (Phi) is 30.9. The number of amides is 7. The Hall–Kier alpha value is -9.53. The highest BCUT2D eigenvalue weighted by Gasteiger charge is 2.39. The summed E-state index contributed by atoms with van der Waals surface area (Å²) in [5, 5.41) is 19.6. The van der Waals surface area contributed by atoms with E-state index in [1.165, 1.54) is 13.8 Å². The van der Waals surface area contributed by atoms with Crippen LogP contribution in [-0.2, 0) is 150 Å². The molecule has 0 saturated heterocycles. The fourth-order valence-corrected chi connectivity index (χ4v) is 11.3. The molecule has 105 heavy (non-hydrogen) atoms. The maximum atomic E-state index is 14.6. The van der Waals surface area contributed by atoms with Crippen molar-refractivity contribution in [2.75, 3.05) is 6.61 Å². The van der Waals surface area contributed by atoms with Crippen LogP contribution in [0.4, 0.5) is 0 Å². The predicted octanol–water partition coefficient (Wildman–Crippen LogP) is -5.04. The molecule has 0 fully saturated rings. The predicted molar refractivity (Wildman–Crippen MR) is 348 cm³/mol. The minimum absolute atomic E-state index is 0.0326. The number of nitrogens with two attached hydrogens (primary N) is 1. The second kappa shape index (κ2) is 36.9. The van der Waals surface area contributed by atoms with Crippen LogP contribution in [0.15, 0.2) is 97.1 Å². The lowest BCUT2D eigenvalue weighted by molar-refractivity contribution is -0.142. The minimum Gasteiger partial charge on any atom is -0.480 e. The summed E-state index contributed by atoms with van der Waals surface area (Å²) in [5.74, 6) is -16.0. The van der Waals surface area contributed by atoms with Gasteiger partial charge >= 0.3 is 78.2 Å². The van der Waals surface area contributed by atoms with Crippen molar-refractivity contribution >= 4 is 130 Å². The van der Waals surface area contributed by atoms with Gasteiger partial charge in [0, 0.05) is 19.3 Å². The van der Waals surface area contributed by atoms with Gasteiger partial charge in [-0.2, -0.15) is 58.9 Å². The number of carbonyl (C=O) groups excluding carboxylic acids is 9. The number of rotatable bonds is 40. The van der Waals surface area contributed by atoms with Crippen LogP contribution in [0.1, 0.15) is 55.4 Å². The van der Waals surface area contributed by atoms with Gasteiger partial charge in [0.25, 0.3) is 10.2 Å². The first kappa shape index (κ1) is 87.9. The van der Waals surface area contributed by atoms with Crippen molar-refractivity contribution in [2.45, 2.75) is 107 Å². The maximum Gasteiger partial charge on any atom is 0.446 e. The third-order valence-electron chi connectivity index (χ3n) is 13.4. The zero-order valence-corrected chi connectivity index (χ0v) is 59.2. The van der Waals surface area contributed by atoms with Crippen LogP contribution < -0.4 is 59.7 Å². The van der Waals surface area contributed by atoms with E-state index < -0.39 is 259 Å². The molecule has 0 aliphatic carbocycles. The highest BCUT2D eigenvalue weighted by Crippen LogP contribution is 2.21. The monoisotopic (exact) mass is 1630 g/mol. The molecule has 7 amide bonds. The van der Waals surface area contributed by atoms with Gasteiger partial charge < -0.3 is 64.8 Å². The summed E-state index contributed by atoms with van der Waals surface area (Å²) in [4.78, 5) is 138. The van der Waals surface area contributed by atoms with Crippen molar-refractivity contribution in [3.63, 3.8) is 0 Å². The Morgan fingerprint density at radius 1 is 0.343 bits per heavy atom. The number of hydrogen-bond acceptors (Lipinski definition) is 30. The van der Waals surface area contributed by atoms with Gasteiger partial charge in [0.1, 0.15) is 65.3 Å². The molecule has 0 radical (unpaired) electrons. The first-order chi connectivity index (χ1) is 48.1. The lowest BCUT2D eigenvalue weighted by atomic mass is 10.0. The minimum atomic E-state index is -5.87.